The SMILES string of the molecule is CC1(NC(=O)C2CC(C(=O)O)=NO2)CCCCC1. The third kappa shape index (κ3) is 2.80. The number of oxime groups is 1. The maximum absolute atomic E-state index is 12.0. The highest BCUT2D eigenvalue weighted by molar-refractivity contribution is 6.36. The number of amides is 1. The lowest BCUT2D eigenvalue weighted by Gasteiger charge is -2.35. The molecule has 0 aromatic heterocycles. The predicted octanol–water partition coefficient (Wildman–Crippen LogP) is 1.05. The van der Waals surface area contributed by atoms with Gasteiger partial charge in [0.2, 0.25) is 6.10 Å². The largest absolute Gasteiger partial charge is 0.477 e. The van der Waals surface area contributed by atoms with Crippen LogP contribution >= 0.6 is 0 Å². The van der Waals surface area contributed by atoms with Gasteiger partial charge in [0.05, 0.1) is 0 Å². The Balaban J connectivity index is 1.88. The summed E-state index contributed by atoms with van der Waals surface area (Å²) in [6.07, 6.45) is 4.58. The minimum atomic E-state index is -1.13. The van der Waals surface area contributed by atoms with Crippen LogP contribution < -0.4 is 5.32 Å². The Bertz CT molecular complexity index is 386. The van der Waals surface area contributed by atoms with E-state index in [0.29, 0.717) is 0 Å². The molecule has 1 heterocycles. The van der Waals surface area contributed by atoms with Gasteiger partial charge in [0.25, 0.3) is 5.91 Å². The number of carbonyl (C=O) groups is 2. The summed E-state index contributed by atoms with van der Waals surface area (Å²) in [6, 6.07) is 0. The first kappa shape index (κ1) is 12.9. The number of carbonyl (C=O) groups excluding carboxylic acids is 1. The van der Waals surface area contributed by atoms with Crippen molar-refractivity contribution in [3.8, 4) is 0 Å². The van der Waals surface area contributed by atoms with Crippen molar-refractivity contribution in [2.24, 2.45) is 5.16 Å². The van der Waals surface area contributed by atoms with E-state index in [9.17, 15) is 9.59 Å². The average molecular weight is 254 g/mol. The van der Waals surface area contributed by atoms with Gasteiger partial charge in [-0.3, -0.25) is 4.79 Å². The topological polar surface area (TPSA) is 88.0 Å². The number of carboxylic acids is 1. The van der Waals surface area contributed by atoms with Crippen LogP contribution in [0.1, 0.15) is 45.4 Å². The van der Waals surface area contributed by atoms with Gasteiger partial charge in [-0.2, -0.15) is 0 Å². The van der Waals surface area contributed by atoms with E-state index in [0.717, 1.165) is 25.7 Å². The zero-order valence-corrected chi connectivity index (χ0v) is 10.4. The zero-order valence-electron chi connectivity index (χ0n) is 10.4. The van der Waals surface area contributed by atoms with Gasteiger partial charge in [-0.15, -0.1) is 0 Å². The lowest BCUT2D eigenvalue weighted by Crippen LogP contribution is -2.50. The van der Waals surface area contributed by atoms with E-state index in [1.807, 2.05) is 6.92 Å². The predicted molar refractivity (Wildman–Crippen MR) is 64.2 cm³/mol. The zero-order chi connectivity index (χ0) is 13.2. The molecular weight excluding hydrogens is 236 g/mol. The van der Waals surface area contributed by atoms with Crippen LogP contribution in [-0.4, -0.2) is 34.3 Å². The minimum absolute atomic E-state index is 0.0389. The second-order valence-electron chi connectivity index (χ2n) is 5.25. The van der Waals surface area contributed by atoms with Crippen LogP contribution in [0.15, 0.2) is 5.16 Å². The van der Waals surface area contributed by atoms with E-state index in [4.69, 9.17) is 9.94 Å². The molecule has 100 valence electrons. The van der Waals surface area contributed by atoms with Crippen LogP contribution in [0.3, 0.4) is 0 Å². The Hall–Kier alpha value is -1.59. The van der Waals surface area contributed by atoms with Gasteiger partial charge < -0.3 is 15.3 Å². The van der Waals surface area contributed by atoms with Gasteiger partial charge in [0, 0.05) is 12.0 Å². The standard InChI is InChI=1S/C12H18N2O4/c1-12(5-3-2-4-6-12)13-10(15)9-7-8(11(16)17)14-18-9/h9H,2-7H2,1H3,(H,13,15)(H,16,17). The summed E-state index contributed by atoms with van der Waals surface area (Å²) in [5, 5.41) is 15.1. The van der Waals surface area contributed by atoms with E-state index >= 15 is 0 Å². The molecule has 1 aliphatic carbocycles. The Labute approximate surface area is 105 Å². The second-order valence-corrected chi connectivity index (χ2v) is 5.25. The summed E-state index contributed by atoms with van der Waals surface area (Å²) in [5.41, 5.74) is -0.283. The molecular formula is C12H18N2O4. The van der Waals surface area contributed by atoms with Crippen molar-refractivity contribution < 1.29 is 19.5 Å². The highest BCUT2D eigenvalue weighted by Gasteiger charge is 2.36. The second kappa shape index (κ2) is 4.96. The summed E-state index contributed by atoms with van der Waals surface area (Å²) in [7, 11) is 0. The van der Waals surface area contributed by atoms with Crippen molar-refractivity contribution in [1.29, 1.82) is 0 Å². The number of carboxylic acid groups (broad SMARTS) is 1. The van der Waals surface area contributed by atoms with Gasteiger partial charge >= 0.3 is 5.97 Å². The fourth-order valence-electron chi connectivity index (χ4n) is 2.48. The van der Waals surface area contributed by atoms with E-state index in [2.05, 4.69) is 10.5 Å². The maximum atomic E-state index is 12.0. The summed E-state index contributed by atoms with van der Waals surface area (Å²) >= 11 is 0. The normalized spacial score (nSPS) is 26.1. The smallest absolute Gasteiger partial charge is 0.353 e. The number of aliphatic carboxylic acids is 1. The first-order valence-electron chi connectivity index (χ1n) is 6.28. The Morgan fingerprint density at radius 3 is 2.61 bits per heavy atom. The van der Waals surface area contributed by atoms with Gasteiger partial charge in [-0.25, -0.2) is 4.79 Å². The molecule has 2 N–H and O–H groups in total. The lowest BCUT2D eigenvalue weighted by atomic mass is 9.83. The summed E-state index contributed by atoms with van der Waals surface area (Å²) in [5.74, 6) is -1.39. The lowest BCUT2D eigenvalue weighted by molar-refractivity contribution is -0.133. The van der Waals surface area contributed by atoms with Crippen LogP contribution in [-0.2, 0) is 14.4 Å². The number of rotatable bonds is 3. The maximum Gasteiger partial charge on any atom is 0.353 e. The van der Waals surface area contributed by atoms with Crippen molar-refractivity contribution >= 4 is 17.6 Å². The fourth-order valence-corrected chi connectivity index (χ4v) is 2.48. The first-order valence-corrected chi connectivity index (χ1v) is 6.28. The molecule has 1 saturated carbocycles. The molecule has 0 spiro atoms. The van der Waals surface area contributed by atoms with Crippen LogP contribution in [0, 0.1) is 0 Å². The molecule has 18 heavy (non-hydrogen) atoms. The molecule has 6 nitrogen and oxygen atoms in total. The molecule has 0 aromatic rings. The Morgan fingerprint density at radius 2 is 2.06 bits per heavy atom. The van der Waals surface area contributed by atoms with Crippen molar-refractivity contribution in [2.75, 3.05) is 0 Å². The molecule has 1 atom stereocenters. The van der Waals surface area contributed by atoms with Crippen molar-refractivity contribution in [3.05, 3.63) is 0 Å². The van der Waals surface area contributed by atoms with E-state index in [-0.39, 0.29) is 23.6 Å². The van der Waals surface area contributed by atoms with E-state index < -0.39 is 12.1 Å². The van der Waals surface area contributed by atoms with E-state index in [1.54, 1.807) is 0 Å². The number of hydrogen-bond acceptors (Lipinski definition) is 4. The molecule has 0 saturated heterocycles. The summed E-state index contributed by atoms with van der Waals surface area (Å²) < 4.78 is 0. The molecule has 1 fully saturated rings. The monoisotopic (exact) mass is 254 g/mol. The molecule has 1 unspecified atom stereocenters. The van der Waals surface area contributed by atoms with Crippen LogP contribution in [0.25, 0.3) is 0 Å². The third-order valence-electron chi connectivity index (χ3n) is 3.59. The van der Waals surface area contributed by atoms with Crippen LogP contribution in [0.4, 0.5) is 0 Å². The first-order chi connectivity index (χ1) is 8.50. The molecule has 2 rings (SSSR count). The average Bonchev–Trinajstić information content (AvgIpc) is 2.78. The summed E-state index contributed by atoms with van der Waals surface area (Å²) in [6.45, 7) is 2.03. The quantitative estimate of drug-likeness (QED) is 0.788. The highest BCUT2D eigenvalue weighted by Crippen LogP contribution is 2.28. The van der Waals surface area contributed by atoms with Crippen molar-refractivity contribution in [2.45, 2.75) is 57.1 Å². The molecule has 1 amide bonds. The number of nitrogens with one attached hydrogen (secondary N) is 1. The molecule has 2 aliphatic rings. The van der Waals surface area contributed by atoms with Gasteiger partial charge in [0.15, 0.2) is 5.71 Å². The third-order valence-corrected chi connectivity index (χ3v) is 3.59. The Morgan fingerprint density at radius 1 is 1.39 bits per heavy atom. The molecule has 0 radical (unpaired) electrons. The number of hydrogen-bond donors (Lipinski definition) is 2. The molecule has 1 aliphatic heterocycles. The molecule has 6 heteroatoms. The minimum Gasteiger partial charge on any atom is -0.477 e. The van der Waals surface area contributed by atoms with Crippen molar-refractivity contribution in [3.63, 3.8) is 0 Å². The van der Waals surface area contributed by atoms with Gasteiger partial charge in [-0.05, 0) is 19.8 Å². The van der Waals surface area contributed by atoms with Gasteiger partial charge in [0.1, 0.15) is 0 Å². The van der Waals surface area contributed by atoms with E-state index in [1.165, 1.54) is 6.42 Å². The Kier molecular flexibility index (Phi) is 3.54. The fraction of sp³-hybridized carbons (Fsp3) is 0.750. The molecule has 0 aromatic carbocycles. The van der Waals surface area contributed by atoms with Crippen molar-refractivity contribution in [1.82, 2.24) is 5.32 Å². The molecule has 0 bridgehead atoms. The summed E-state index contributed by atoms with van der Waals surface area (Å²) in [4.78, 5) is 27.5. The highest BCUT2D eigenvalue weighted by atomic mass is 16.6. The van der Waals surface area contributed by atoms with Gasteiger partial charge in [-0.1, -0.05) is 24.4 Å². The van der Waals surface area contributed by atoms with Crippen LogP contribution in [0.2, 0.25) is 0 Å². The number of nitrogens with zero attached hydrogens (tertiary/aromatic N) is 1. The van der Waals surface area contributed by atoms with Crippen LogP contribution in [0.5, 0.6) is 0 Å².